The molecule has 18 heavy (non-hydrogen) atoms. The van der Waals surface area contributed by atoms with Gasteiger partial charge in [-0.05, 0) is 24.1 Å². The van der Waals surface area contributed by atoms with E-state index in [1.165, 1.54) is 0 Å². The number of ketones is 1. The van der Waals surface area contributed by atoms with Gasteiger partial charge in [0.15, 0.2) is 5.78 Å². The standard InChI is InChI=1S/C15H19NO2/c1-2-3-4-5-14(17)15(18)10-12-6-8-13(11-16)9-7-12/h6-9,14,17H,2-5,10H2,1H3/t14-/m0/s1. The summed E-state index contributed by atoms with van der Waals surface area (Å²) in [5.74, 6) is -0.143. The Hall–Kier alpha value is -1.66. The van der Waals surface area contributed by atoms with Crippen LogP contribution in [0.25, 0.3) is 0 Å². The fourth-order valence-electron chi connectivity index (χ4n) is 1.76. The van der Waals surface area contributed by atoms with Gasteiger partial charge in [0.25, 0.3) is 0 Å². The minimum atomic E-state index is -0.854. The van der Waals surface area contributed by atoms with Crippen molar-refractivity contribution in [2.24, 2.45) is 0 Å². The first-order chi connectivity index (χ1) is 8.67. The number of nitriles is 1. The molecule has 0 aromatic heterocycles. The van der Waals surface area contributed by atoms with Crippen molar-refractivity contribution in [3.8, 4) is 6.07 Å². The molecule has 0 radical (unpaired) electrons. The van der Waals surface area contributed by atoms with E-state index in [1.807, 2.05) is 6.07 Å². The highest BCUT2D eigenvalue weighted by atomic mass is 16.3. The van der Waals surface area contributed by atoms with Crippen LogP contribution in [0.3, 0.4) is 0 Å². The van der Waals surface area contributed by atoms with E-state index in [4.69, 9.17) is 5.26 Å². The predicted molar refractivity (Wildman–Crippen MR) is 70.0 cm³/mol. The lowest BCUT2D eigenvalue weighted by molar-refractivity contribution is -0.126. The first kappa shape index (κ1) is 14.4. The summed E-state index contributed by atoms with van der Waals surface area (Å²) < 4.78 is 0. The number of aliphatic hydroxyl groups is 1. The Morgan fingerprint density at radius 1 is 1.33 bits per heavy atom. The summed E-state index contributed by atoms with van der Waals surface area (Å²) in [6, 6.07) is 8.92. The molecule has 3 heteroatoms. The van der Waals surface area contributed by atoms with Gasteiger partial charge in [0, 0.05) is 6.42 Å². The third-order valence-corrected chi connectivity index (χ3v) is 2.91. The Morgan fingerprint density at radius 2 is 2.00 bits per heavy atom. The Kier molecular flexibility index (Phi) is 6.10. The monoisotopic (exact) mass is 245 g/mol. The van der Waals surface area contributed by atoms with E-state index in [0.717, 1.165) is 24.8 Å². The lowest BCUT2D eigenvalue weighted by atomic mass is 10.0. The number of carbonyl (C=O) groups excluding carboxylic acids is 1. The molecule has 1 N–H and O–H groups in total. The van der Waals surface area contributed by atoms with Crippen LogP contribution in [0, 0.1) is 11.3 Å². The summed E-state index contributed by atoms with van der Waals surface area (Å²) in [6.07, 6.45) is 2.93. The highest BCUT2D eigenvalue weighted by molar-refractivity contribution is 5.84. The summed E-state index contributed by atoms with van der Waals surface area (Å²) in [7, 11) is 0. The molecule has 1 atom stereocenters. The Labute approximate surface area is 108 Å². The zero-order valence-electron chi connectivity index (χ0n) is 10.7. The molecule has 1 aromatic carbocycles. The van der Waals surface area contributed by atoms with Gasteiger partial charge in [-0.25, -0.2) is 0 Å². The molecule has 0 bridgehead atoms. The quantitative estimate of drug-likeness (QED) is 0.751. The van der Waals surface area contributed by atoms with E-state index in [-0.39, 0.29) is 12.2 Å². The number of Topliss-reactive ketones (excluding diaryl/α,β-unsaturated/α-hetero) is 1. The van der Waals surface area contributed by atoms with Gasteiger partial charge >= 0.3 is 0 Å². The molecular formula is C15H19NO2. The molecule has 0 aliphatic carbocycles. The molecule has 1 rings (SSSR count). The van der Waals surface area contributed by atoms with Gasteiger partial charge in [0.2, 0.25) is 0 Å². The maximum Gasteiger partial charge on any atom is 0.165 e. The second-order valence-corrected chi connectivity index (χ2v) is 4.46. The average Bonchev–Trinajstić information content (AvgIpc) is 2.39. The minimum absolute atomic E-state index is 0.143. The summed E-state index contributed by atoms with van der Waals surface area (Å²) in [5, 5.41) is 18.4. The van der Waals surface area contributed by atoms with Gasteiger partial charge in [0.1, 0.15) is 6.10 Å². The van der Waals surface area contributed by atoms with Gasteiger partial charge in [-0.15, -0.1) is 0 Å². The van der Waals surface area contributed by atoms with Gasteiger partial charge in [-0.3, -0.25) is 4.79 Å². The Bertz CT molecular complexity index is 417. The van der Waals surface area contributed by atoms with Crippen LogP contribution in [0.1, 0.15) is 43.7 Å². The maximum atomic E-state index is 11.7. The SMILES string of the molecule is CCCCC[C@H](O)C(=O)Cc1ccc(C#N)cc1. The second-order valence-electron chi connectivity index (χ2n) is 4.46. The molecule has 0 aliphatic rings. The van der Waals surface area contributed by atoms with Crippen molar-refractivity contribution in [3.63, 3.8) is 0 Å². The van der Waals surface area contributed by atoms with Crippen molar-refractivity contribution in [2.75, 3.05) is 0 Å². The topological polar surface area (TPSA) is 61.1 Å². The Balaban J connectivity index is 2.45. The molecule has 0 unspecified atom stereocenters. The van der Waals surface area contributed by atoms with Crippen LogP contribution in [0.2, 0.25) is 0 Å². The molecule has 0 amide bonds. The summed E-state index contributed by atoms with van der Waals surface area (Å²) in [6.45, 7) is 2.09. The number of aliphatic hydroxyl groups excluding tert-OH is 1. The number of hydrogen-bond acceptors (Lipinski definition) is 3. The summed E-state index contributed by atoms with van der Waals surface area (Å²) in [5.41, 5.74) is 1.42. The molecule has 0 saturated carbocycles. The highest BCUT2D eigenvalue weighted by Crippen LogP contribution is 2.09. The summed E-state index contributed by atoms with van der Waals surface area (Å²) in [4.78, 5) is 11.7. The first-order valence-corrected chi connectivity index (χ1v) is 6.37. The van der Waals surface area contributed by atoms with Crippen molar-refractivity contribution >= 4 is 5.78 Å². The van der Waals surface area contributed by atoms with E-state index in [0.29, 0.717) is 12.0 Å². The predicted octanol–water partition coefficient (Wildman–Crippen LogP) is 2.61. The van der Waals surface area contributed by atoms with E-state index in [9.17, 15) is 9.90 Å². The minimum Gasteiger partial charge on any atom is -0.385 e. The lowest BCUT2D eigenvalue weighted by Crippen LogP contribution is -2.22. The average molecular weight is 245 g/mol. The van der Waals surface area contributed by atoms with Crippen LogP contribution < -0.4 is 0 Å². The fourth-order valence-corrected chi connectivity index (χ4v) is 1.76. The molecule has 0 spiro atoms. The highest BCUT2D eigenvalue weighted by Gasteiger charge is 2.14. The lowest BCUT2D eigenvalue weighted by Gasteiger charge is -2.09. The molecular weight excluding hydrogens is 226 g/mol. The molecule has 3 nitrogen and oxygen atoms in total. The number of rotatable bonds is 7. The molecule has 0 heterocycles. The zero-order valence-corrected chi connectivity index (χ0v) is 10.7. The van der Waals surface area contributed by atoms with E-state index in [1.54, 1.807) is 24.3 Å². The normalized spacial score (nSPS) is 11.8. The van der Waals surface area contributed by atoms with Crippen LogP contribution >= 0.6 is 0 Å². The maximum absolute atomic E-state index is 11.7. The van der Waals surface area contributed by atoms with Crippen molar-refractivity contribution in [1.82, 2.24) is 0 Å². The molecule has 0 aliphatic heterocycles. The van der Waals surface area contributed by atoms with Gasteiger partial charge in [-0.2, -0.15) is 5.26 Å². The Morgan fingerprint density at radius 3 is 2.56 bits per heavy atom. The smallest absolute Gasteiger partial charge is 0.165 e. The van der Waals surface area contributed by atoms with Crippen LogP contribution in [0.5, 0.6) is 0 Å². The third-order valence-electron chi connectivity index (χ3n) is 2.91. The number of nitrogens with zero attached hydrogens (tertiary/aromatic N) is 1. The van der Waals surface area contributed by atoms with Crippen LogP contribution in [-0.4, -0.2) is 17.0 Å². The van der Waals surface area contributed by atoms with E-state index in [2.05, 4.69) is 6.92 Å². The van der Waals surface area contributed by atoms with Crippen LogP contribution in [0.4, 0.5) is 0 Å². The summed E-state index contributed by atoms with van der Waals surface area (Å²) >= 11 is 0. The zero-order chi connectivity index (χ0) is 13.4. The van der Waals surface area contributed by atoms with E-state index < -0.39 is 6.10 Å². The number of carbonyl (C=O) groups is 1. The largest absolute Gasteiger partial charge is 0.385 e. The van der Waals surface area contributed by atoms with Gasteiger partial charge in [-0.1, -0.05) is 38.3 Å². The van der Waals surface area contributed by atoms with Crippen molar-refractivity contribution < 1.29 is 9.90 Å². The fraction of sp³-hybridized carbons (Fsp3) is 0.467. The van der Waals surface area contributed by atoms with Gasteiger partial charge < -0.3 is 5.11 Å². The molecule has 96 valence electrons. The first-order valence-electron chi connectivity index (χ1n) is 6.37. The number of benzene rings is 1. The van der Waals surface area contributed by atoms with Crippen molar-refractivity contribution in [1.29, 1.82) is 5.26 Å². The van der Waals surface area contributed by atoms with Crippen molar-refractivity contribution in [3.05, 3.63) is 35.4 Å². The molecule has 1 aromatic rings. The molecule has 0 saturated heterocycles. The third kappa shape index (κ3) is 4.68. The van der Waals surface area contributed by atoms with Crippen LogP contribution in [-0.2, 0) is 11.2 Å². The van der Waals surface area contributed by atoms with Crippen molar-refractivity contribution in [2.45, 2.75) is 45.1 Å². The molecule has 0 fully saturated rings. The second kappa shape index (κ2) is 7.62. The number of hydrogen-bond donors (Lipinski definition) is 1. The van der Waals surface area contributed by atoms with Crippen LogP contribution in [0.15, 0.2) is 24.3 Å². The van der Waals surface area contributed by atoms with Gasteiger partial charge in [0.05, 0.1) is 11.6 Å². The number of unbranched alkanes of at least 4 members (excludes halogenated alkanes) is 2. The van der Waals surface area contributed by atoms with E-state index >= 15 is 0 Å².